The second-order valence-electron chi connectivity index (χ2n) is 6.05. The van der Waals surface area contributed by atoms with Gasteiger partial charge < -0.3 is 10.0 Å². The molecule has 0 aromatic heterocycles. The summed E-state index contributed by atoms with van der Waals surface area (Å²) in [6.07, 6.45) is 2.74. The van der Waals surface area contributed by atoms with E-state index in [1.165, 1.54) is 11.1 Å². The van der Waals surface area contributed by atoms with Crippen LogP contribution in [-0.2, 0) is 11.2 Å². The summed E-state index contributed by atoms with van der Waals surface area (Å²) in [5.74, 6) is 0.263. The second kappa shape index (κ2) is 3.35. The van der Waals surface area contributed by atoms with Crippen LogP contribution in [0.15, 0.2) is 24.3 Å². The predicted molar refractivity (Wildman–Crippen MR) is 67.1 cm³/mol. The van der Waals surface area contributed by atoms with E-state index in [0.29, 0.717) is 6.54 Å². The molecule has 0 bridgehead atoms. The van der Waals surface area contributed by atoms with Gasteiger partial charge in [-0.1, -0.05) is 24.3 Å². The van der Waals surface area contributed by atoms with E-state index in [2.05, 4.69) is 12.1 Å². The zero-order valence-electron chi connectivity index (χ0n) is 10.3. The van der Waals surface area contributed by atoms with Crippen LogP contribution < -0.4 is 0 Å². The van der Waals surface area contributed by atoms with Gasteiger partial charge in [-0.15, -0.1) is 0 Å². The highest BCUT2D eigenvalue weighted by Crippen LogP contribution is 2.53. The Hall–Kier alpha value is -1.35. The van der Waals surface area contributed by atoms with Gasteiger partial charge in [0, 0.05) is 18.5 Å². The van der Waals surface area contributed by atoms with Gasteiger partial charge in [0.05, 0.1) is 12.0 Å². The third-order valence-electron chi connectivity index (χ3n) is 4.96. The first-order chi connectivity index (χ1) is 8.70. The van der Waals surface area contributed by atoms with Crippen LogP contribution in [0, 0.1) is 5.41 Å². The molecule has 94 valence electrons. The molecule has 18 heavy (non-hydrogen) atoms. The molecule has 0 radical (unpaired) electrons. The van der Waals surface area contributed by atoms with Crippen LogP contribution >= 0.6 is 0 Å². The van der Waals surface area contributed by atoms with Crippen LogP contribution in [0.5, 0.6) is 0 Å². The Labute approximate surface area is 106 Å². The summed E-state index contributed by atoms with van der Waals surface area (Å²) in [5, 5.41) is 10.0. The van der Waals surface area contributed by atoms with Gasteiger partial charge in [0.1, 0.15) is 0 Å². The molecule has 1 saturated carbocycles. The van der Waals surface area contributed by atoms with E-state index in [-0.39, 0.29) is 23.3 Å². The van der Waals surface area contributed by atoms with Gasteiger partial charge in [-0.3, -0.25) is 4.79 Å². The van der Waals surface area contributed by atoms with Crippen LogP contribution in [0.2, 0.25) is 0 Å². The summed E-state index contributed by atoms with van der Waals surface area (Å²) in [6.45, 7) is 1.31. The van der Waals surface area contributed by atoms with Crippen molar-refractivity contribution in [3.8, 4) is 0 Å². The van der Waals surface area contributed by atoms with Gasteiger partial charge in [-0.05, 0) is 30.4 Å². The molecular formula is C15H17NO2. The molecule has 3 nitrogen and oxygen atoms in total. The zero-order valence-corrected chi connectivity index (χ0v) is 10.3. The lowest BCUT2D eigenvalue weighted by Crippen LogP contribution is -2.38. The van der Waals surface area contributed by atoms with Crippen molar-refractivity contribution < 1.29 is 9.90 Å². The summed E-state index contributed by atoms with van der Waals surface area (Å²) >= 11 is 0. The molecule has 1 heterocycles. The molecule has 1 amide bonds. The number of nitrogens with zero attached hydrogens (tertiary/aromatic N) is 1. The second-order valence-corrected chi connectivity index (χ2v) is 6.05. The molecular weight excluding hydrogens is 226 g/mol. The fraction of sp³-hybridized carbons (Fsp3) is 0.533. The molecule has 2 fully saturated rings. The Morgan fingerprint density at radius 1 is 1.33 bits per heavy atom. The van der Waals surface area contributed by atoms with Crippen LogP contribution in [0.1, 0.15) is 29.9 Å². The summed E-state index contributed by atoms with van der Waals surface area (Å²) in [6, 6.07) is 8.18. The normalized spacial score (nSPS) is 31.1. The van der Waals surface area contributed by atoms with Crippen molar-refractivity contribution in [1.29, 1.82) is 0 Å². The van der Waals surface area contributed by atoms with E-state index in [0.717, 1.165) is 25.8 Å². The molecule has 2 unspecified atom stereocenters. The van der Waals surface area contributed by atoms with Crippen molar-refractivity contribution in [2.75, 3.05) is 13.1 Å². The maximum atomic E-state index is 12.5. The Morgan fingerprint density at radius 2 is 2.11 bits per heavy atom. The molecule has 1 N–H and O–H groups in total. The fourth-order valence-corrected chi connectivity index (χ4v) is 3.47. The highest BCUT2D eigenvalue weighted by atomic mass is 16.3. The van der Waals surface area contributed by atoms with Crippen molar-refractivity contribution >= 4 is 5.91 Å². The lowest BCUT2D eigenvalue weighted by Gasteiger charge is -2.32. The van der Waals surface area contributed by atoms with Gasteiger partial charge >= 0.3 is 0 Å². The highest BCUT2D eigenvalue weighted by molar-refractivity contribution is 5.87. The number of aliphatic hydroxyl groups excluding tert-OH is 1. The number of rotatable bonds is 1. The SMILES string of the molecule is O=C(C1Cc2ccccc21)N1CC(O)C2(CC2)C1. The number of carbonyl (C=O) groups excluding carboxylic acids is 1. The quantitative estimate of drug-likeness (QED) is 0.808. The Kier molecular flexibility index (Phi) is 1.97. The van der Waals surface area contributed by atoms with Crippen molar-refractivity contribution in [3.63, 3.8) is 0 Å². The summed E-state index contributed by atoms with van der Waals surface area (Å²) < 4.78 is 0. The van der Waals surface area contributed by atoms with Gasteiger partial charge in [-0.2, -0.15) is 0 Å². The number of amides is 1. The molecule has 1 spiro atoms. The number of β-amino-alcohol motifs (C(OH)–C–C–N with tert-alkyl or cyclic N) is 1. The number of likely N-dealkylation sites (tertiary alicyclic amines) is 1. The minimum Gasteiger partial charge on any atom is -0.391 e. The largest absolute Gasteiger partial charge is 0.391 e. The van der Waals surface area contributed by atoms with Crippen LogP contribution in [-0.4, -0.2) is 35.1 Å². The molecule has 1 saturated heterocycles. The Balaban J connectivity index is 1.53. The van der Waals surface area contributed by atoms with Gasteiger partial charge in [0.25, 0.3) is 0 Å². The molecule has 2 aliphatic carbocycles. The van der Waals surface area contributed by atoms with E-state index in [1.54, 1.807) is 0 Å². The van der Waals surface area contributed by atoms with Crippen molar-refractivity contribution in [2.45, 2.75) is 31.3 Å². The average Bonchev–Trinajstić information content (AvgIpc) is 3.03. The van der Waals surface area contributed by atoms with E-state index < -0.39 is 0 Å². The van der Waals surface area contributed by atoms with Crippen LogP contribution in [0.25, 0.3) is 0 Å². The standard InChI is InChI=1S/C15H17NO2/c17-13-8-16(9-15(13)5-6-15)14(18)12-7-10-3-1-2-4-11(10)12/h1-4,12-13,17H,5-9H2. The first-order valence-electron chi connectivity index (χ1n) is 6.74. The van der Waals surface area contributed by atoms with Crippen molar-refractivity contribution in [3.05, 3.63) is 35.4 Å². The maximum Gasteiger partial charge on any atom is 0.230 e. The van der Waals surface area contributed by atoms with E-state index in [1.807, 2.05) is 17.0 Å². The number of fused-ring (bicyclic) bond motifs is 1. The van der Waals surface area contributed by atoms with Crippen LogP contribution in [0.3, 0.4) is 0 Å². The number of hydrogen-bond acceptors (Lipinski definition) is 2. The smallest absolute Gasteiger partial charge is 0.230 e. The van der Waals surface area contributed by atoms with Crippen LogP contribution in [0.4, 0.5) is 0 Å². The molecule has 2 atom stereocenters. The Morgan fingerprint density at radius 3 is 2.78 bits per heavy atom. The third kappa shape index (κ3) is 1.31. The minimum absolute atomic E-state index is 0.0438. The average molecular weight is 243 g/mol. The molecule has 3 heteroatoms. The fourth-order valence-electron chi connectivity index (χ4n) is 3.47. The van der Waals surface area contributed by atoms with E-state index >= 15 is 0 Å². The van der Waals surface area contributed by atoms with E-state index in [9.17, 15) is 9.90 Å². The number of benzene rings is 1. The molecule has 3 aliphatic rings. The first kappa shape index (κ1) is 10.6. The number of carbonyl (C=O) groups is 1. The number of hydrogen-bond donors (Lipinski definition) is 1. The monoisotopic (exact) mass is 243 g/mol. The summed E-state index contributed by atoms with van der Waals surface area (Å²) in [4.78, 5) is 14.4. The van der Waals surface area contributed by atoms with Gasteiger partial charge in [-0.25, -0.2) is 0 Å². The van der Waals surface area contributed by atoms with E-state index in [4.69, 9.17) is 0 Å². The maximum absolute atomic E-state index is 12.5. The molecule has 1 aliphatic heterocycles. The molecule has 1 aromatic carbocycles. The summed E-state index contributed by atoms with van der Waals surface area (Å²) in [5.41, 5.74) is 2.56. The van der Waals surface area contributed by atoms with Crippen molar-refractivity contribution in [1.82, 2.24) is 4.90 Å². The zero-order chi connectivity index (χ0) is 12.3. The predicted octanol–water partition coefficient (Wildman–Crippen LogP) is 1.31. The molecule has 1 aromatic rings. The third-order valence-corrected chi connectivity index (χ3v) is 4.96. The highest BCUT2D eigenvalue weighted by Gasteiger charge is 2.56. The molecule has 4 rings (SSSR count). The lowest BCUT2D eigenvalue weighted by atomic mass is 9.77. The number of aliphatic hydroxyl groups is 1. The van der Waals surface area contributed by atoms with Gasteiger partial charge in [0.15, 0.2) is 0 Å². The first-order valence-corrected chi connectivity index (χ1v) is 6.74. The lowest BCUT2D eigenvalue weighted by molar-refractivity contribution is -0.132. The van der Waals surface area contributed by atoms with Crippen molar-refractivity contribution in [2.24, 2.45) is 5.41 Å². The van der Waals surface area contributed by atoms with Gasteiger partial charge in [0.2, 0.25) is 5.91 Å². The Bertz CT molecular complexity index is 521. The summed E-state index contributed by atoms with van der Waals surface area (Å²) in [7, 11) is 0. The topological polar surface area (TPSA) is 40.5 Å². The minimum atomic E-state index is -0.295.